The van der Waals surface area contributed by atoms with Crippen LogP contribution in [0, 0.1) is 6.92 Å². The summed E-state index contributed by atoms with van der Waals surface area (Å²) in [6, 6.07) is 7.60. The second-order valence-corrected chi connectivity index (χ2v) is 7.57. The molecule has 0 saturated carbocycles. The number of nitrogens with zero attached hydrogens (tertiary/aromatic N) is 4. The first kappa shape index (κ1) is 19.1. The maximum atomic E-state index is 13.3. The van der Waals surface area contributed by atoms with Crippen molar-refractivity contribution < 1.29 is 9.21 Å². The van der Waals surface area contributed by atoms with Crippen molar-refractivity contribution in [2.45, 2.75) is 26.9 Å². The molecule has 0 radical (unpaired) electrons. The minimum absolute atomic E-state index is 0.00166. The summed E-state index contributed by atoms with van der Waals surface area (Å²) in [6.45, 7) is 5.61. The predicted molar refractivity (Wildman–Crippen MR) is 113 cm³/mol. The van der Waals surface area contributed by atoms with Gasteiger partial charge in [0.25, 0.3) is 5.91 Å². The number of pyridine rings is 1. The summed E-state index contributed by atoms with van der Waals surface area (Å²) in [4.78, 5) is 29.4. The number of anilines is 1. The monoisotopic (exact) mass is 407 g/mol. The summed E-state index contributed by atoms with van der Waals surface area (Å²) in [6.07, 6.45) is 6.64. The van der Waals surface area contributed by atoms with E-state index in [1.54, 1.807) is 18.7 Å². The van der Waals surface area contributed by atoms with Crippen molar-refractivity contribution in [3.63, 3.8) is 0 Å². The summed E-state index contributed by atoms with van der Waals surface area (Å²) < 4.78 is 5.38. The molecule has 0 atom stereocenters. The van der Waals surface area contributed by atoms with Crippen LogP contribution in [0.5, 0.6) is 0 Å². The first-order chi connectivity index (χ1) is 14.2. The summed E-state index contributed by atoms with van der Waals surface area (Å²) in [5.74, 6) is 1.52. The molecule has 1 N–H and O–H groups in total. The lowest BCUT2D eigenvalue weighted by Crippen LogP contribution is -2.30. The minimum Gasteiger partial charge on any atom is -0.467 e. The molecule has 4 aromatic heterocycles. The van der Waals surface area contributed by atoms with Crippen LogP contribution in [0.25, 0.3) is 10.2 Å². The van der Waals surface area contributed by atoms with Crippen molar-refractivity contribution in [3.05, 3.63) is 71.0 Å². The highest BCUT2D eigenvalue weighted by Gasteiger charge is 2.23. The third-order valence-corrected chi connectivity index (χ3v) is 5.91. The SMILES string of the molecule is CCN(Cc1ccncc1)C(=O)c1sc2ncnc(NCc3ccco3)c2c1C. The van der Waals surface area contributed by atoms with Gasteiger partial charge in [0, 0.05) is 25.5 Å². The first-order valence-corrected chi connectivity index (χ1v) is 10.2. The molecule has 0 spiro atoms. The average molecular weight is 407 g/mol. The molecule has 148 valence electrons. The van der Waals surface area contributed by atoms with Crippen molar-refractivity contribution in [2.75, 3.05) is 11.9 Å². The standard InChI is InChI=1S/C21H21N5O2S/c1-3-26(12-15-6-8-22-9-7-15)21(27)18-14(2)17-19(24-13-25-20(17)29-18)23-11-16-5-4-10-28-16/h4-10,13H,3,11-12H2,1-2H3,(H,23,24,25). The average Bonchev–Trinajstić information content (AvgIpc) is 3.39. The minimum atomic E-state index is 0.00166. The molecule has 0 saturated heterocycles. The van der Waals surface area contributed by atoms with Crippen LogP contribution >= 0.6 is 11.3 Å². The lowest BCUT2D eigenvalue weighted by Gasteiger charge is -2.20. The third kappa shape index (κ3) is 3.97. The Morgan fingerprint density at radius 2 is 2.07 bits per heavy atom. The maximum absolute atomic E-state index is 13.3. The van der Waals surface area contributed by atoms with Crippen LogP contribution < -0.4 is 5.32 Å². The van der Waals surface area contributed by atoms with Gasteiger partial charge in [0.05, 0.1) is 23.1 Å². The molecule has 4 aromatic rings. The van der Waals surface area contributed by atoms with Crippen LogP contribution in [0.4, 0.5) is 5.82 Å². The van der Waals surface area contributed by atoms with E-state index in [9.17, 15) is 4.79 Å². The molecule has 0 aliphatic carbocycles. The van der Waals surface area contributed by atoms with Crippen molar-refractivity contribution in [2.24, 2.45) is 0 Å². The van der Waals surface area contributed by atoms with E-state index >= 15 is 0 Å². The van der Waals surface area contributed by atoms with Crippen LogP contribution in [-0.2, 0) is 13.1 Å². The van der Waals surface area contributed by atoms with E-state index in [0.717, 1.165) is 27.1 Å². The molecule has 0 fully saturated rings. The molecule has 8 heteroatoms. The van der Waals surface area contributed by atoms with Gasteiger partial charge in [-0.3, -0.25) is 9.78 Å². The number of nitrogens with one attached hydrogen (secondary N) is 1. The van der Waals surface area contributed by atoms with Crippen LogP contribution in [0.2, 0.25) is 0 Å². The van der Waals surface area contributed by atoms with Crippen LogP contribution in [0.1, 0.15) is 33.5 Å². The molecule has 0 aromatic carbocycles. The molecular formula is C21H21N5O2S. The van der Waals surface area contributed by atoms with Gasteiger partial charge in [0.15, 0.2) is 0 Å². The number of thiophene rings is 1. The van der Waals surface area contributed by atoms with Gasteiger partial charge in [0.2, 0.25) is 0 Å². The Morgan fingerprint density at radius 3 is 2.79 bits per heavy atom. The van der Waals surface area contributed by atoms with Crippen LogP contribution in [-0.4, -0.2) is 32.3 Å². The molecule has 0 aliphatic heterocycles. The van der Waals surface area contributed by atoms with Gasteiger partial charge in [0.1, 0.15) is 22.7 Å². The third-order valence-electron chi connectivity index (χ3n) is 4.72. The summed E-state index contributed by atoms with van der Waals surface area (Å²) in [5.41, 5.74) is 1.94. The van der Waals surface area contributed by atoms with Crippen molar-refractivity contribution >= 4 is 33.3 Å². The number of amides is 1. The zero-order chi connectivity index (χ0) is 20.2. The highest BCUT2D eigenvalue weighted by atomic mass is 32.1. The zero-order valence-electron chi connectivity index (χ0n) is 16.3. The smallest absolute Gasteiger partial charge is 0.264 e. The number of furan rings is 1. The van der Waals surface area contributed by atoms with Crippen molar-refractivity contribution in [1.82, 2.24) is 19.9 Å². The van der Waals surface area contributed by atoms with Crippen molar-refractivity contribution in [1.29, 1.82) is 0 Å². The Balaban J connectivity index is 1.62. The lowest BCUT2D eigenvalue weighted by molar-refractivity contribution is 0.0757. The van der Waals surface area contributed by atoms with Gasteiger partial charge >= 0.3 is 0 Å². The molecule has 1 amide bonds. The van der Waals surface area contributed by atoms with Gasteiger partial charge in [-0.1, -0.05) is 0 Å². The second-order valence-electron chi connectivity index (χ2n) is 6.57. The van der Waals surface area contributed by atoms with Gasteiger partial charge in [-0.15, -0.1) is 11.3 Å². The molecule has 0 unspecified atom stereocenters. The zero-order valence-corrected chi connectivity index (χ0v) is 17.1. The Bertz CT molecular complexity index is 1110. The fourth-order valence-electron chi connectivity index (χ4n) is 3.17. The second kappa shape index (κ2) is 8.40. The Labute approximate surface area is 172 Å². The van der Waals surface area contributed by atoms with Crippen molar-refractivity contribution in [3.8, 4) is 0 Å². The van der Waals surface area contributed by atoms with E-state index in [-0.39, 0.29) is 5.91 Å². The number of carbonyl (C=O) groups excluding carboxylic acids is 1. The Hall–Kier alpha value is -3.26. The normalized spacial score (nSPS) is 11.0. The first-order valence-electron chi connectivity index (χ1n) is 9.36. The largest absolute Gasteiger partial charge is 0.467 e. The Morgan fingerprint density at radius 1 is 1.24 bits per heavy atom. The van der Waals surface area contributed by atoms with Gasteiger partial charge in [-0.25, -0.2) is 9.97 Å². The topological polar surface area (TPSA) is 84.2 Å². The number of aromatic nitrogens is 3. The van der Waals surface area contributed by atoms with E-state index in [1.807, 2.05) is 43.0 Å². The van der Waals surface area contributed by atoms with Gasteiger partial charge < -0.3 is 14.6 Å². The van der Waals surface area contributed by atoms with E-state index in [2.05, 4.69) is 20.3 Å². The number of fused-ring (bicyclic) bond motifs is 1. The number of hydrogen-bond acceptors (Lipinski definition) is 7. The number of carbonyl (C=O) groups is 1. The van der Waals surface area contributed by atoms with Crippen LogP contribution in [0.3, 0.4) is 0 Å². The van der Waals surface area contributed by atoms with E-state index in [0.29, 0.717) is 30.3 Å². The maximum Gasteiger partial charge on any atom is 0.264 e. The number of aryl methyl sites for hydroxylation is 1. The van der Waals surface area contributed by atoms with Crippen LogP contribution in [0.15, 0.2) is 53.7 Å². The Kier molecular flexibility index (Phi) is 5.53. The fourth-order valence-corrected chi connectivity index (χ4v) is 4.29. The molecule has 4 rings (SSSR count). The van der Waals surface area contributed by atoms with Gasteiger partial charge in [-0.05, 0) is 49.2 Å². The number of rotatable bonds is 7. The summed E-state index contributed by atoms with van der Waals surface area (Å²) in [5, 5.41) is 4.18. The molecule has 0 aliphatic rings. The highest BCUT2D eigenvalue weighted by Crippen LogP contribution is 2.34. The molecule has 4 heterocycles. The fraction of sp³-hybridized carbons (Fsp3) is 0.238. The van der Waals surface area contributed by atoms with E-state index < -0.39 is 0 Å². The summed E-state index contributed by atoms with van der Waals surface area (Å²) >= 11 is 1.41. The van der Waals surface area contributed by atoms with Gasteiger partial charge in [-0.2, -0.15) is 0 Å². The highest BCUT2D eigenvalue weighted by molar-refractivity contribution is 7.20. The molecular weight excluding hydrogens is 386 g/mol. The molecule has 0 bridgehead atoms. The quantitative estimate of drug-likeness (QED) is 0.493. The summed E-state index contributed by atoms with van der Waals surface area (Å²) in [7, 11) is 0. The lowest BCUT2D eigenvalue weighted by atomic mass is 10.1. The van der Waals surface area contributed by atoms with E-state index in [4.69, 9.17) is 4.42 Å². The molecule has 29 heavy (non-hydrogen) atoms. The number of hydrogen-bond donors (Lipinski definition) is 1. The predicted octanol–water partition coefficient (Wildman–Crippen LogP) is 4.26. The van der Waals surface area contributed by atoms with E-state index in [1.165, 1.54) is 17.7 Å². The molecule has 7 nitrogen and oxygen atoms in total.